The number of nitrogens with zero attached hydrogens (tertiary/aromatic N) is 1. The molecular weight excluding hydrogens is 398 g/mol. The third-order valence-corrected chi connectivity index (χ3v) is 7.44. The zero-order valence-corrected chi connectivity index (χ0v) is 17.5. The van der Waals surface area contributed by atoms with E-state index in [9.17, 15) is 9.59 Å². The summed E-state index contributed by atoms with van der Waals surface area (Å²) in [6.07, 6.45) is 1.95. The Labute approximate surface area is 171 Å². The molecule has 0 aliphatic carbocycles. The number of aromatic amines is 1. The van der Waals surface area contributed by atoms with Crippen LogP contribution in [-0.4, -0.2) is 47.2 Å². The first-order chi connectivity index (χ1) is 13.6. The van der Waals surface area contributed by atoms with Gasteiger partial charge in [-0.1, -0.05) is 6.07 Å². The number of thioether (sulfide) groups is 2. The Balaban J connectivity index is 1.83. The molecule has 0 bridgehead atoms. The topological polar surface area (TPSA) is 85.4 Å². The van der Waals surface area contributed by atoms with Crippen LogP contribution in [0.1, 0.15) is 35.3 Å². The number of aromatic nitrogens is 2. The number of nitrogens with one attached hydrogen (secondary N) is 2. The highest BCUT2D eigenvalue weighted by atomic mass is 32.2. The van der Waals surface area contributed by atoms with Crippen LogP contribution in [0, 0.1) is 0 Å². The standard InChI is InChI=1S/C19H23N3O4S2/c1-25-12-3-4-13(14(9-12)26-2)17-16-18(20-15(23)10-28-17)22(21-19(16)24)11-5-7-27-8-6-11/h3-4,9,11,17H,5-8,10H2,1-2H3,(H,20,23)(H,21,24)/t17-/m1/s1. The van der Waals surface area contributed by atoms with Crippen LogP contribution in [0.25, 0.3) is 0 Å². The Hall–Kier alpha value is -2.00. The lowest BCUT2D eigenvalue weighted by atomic mass is 10.0. The van der Waals surface area contributed by atoms with Crippen LogP contribution >= 0.6 is 23.5 Å². The fraction of sp³-hybridized carbons (Fsp3) is 0.474. The van der Waals surface area contributed by atoms with Crippen LogP contribution in [0.15, 0.2) is 23.0 Å². The number of rotatable bonds is 4. The molecule has 9 heteroatoms. The number of amides is 1. The maximum Gasteiger partial charge on any atom is 0.270 e. The Morgan fingerprint density at radius 3 is 2.64 bits per heavy atom. The molecule has 1 fully saturated rings. The van der Waals surface area contributed by atoms with Gasteiger partial charge < -0.3 is 14.8 Å². The molecule has 7 nitrogen and oxygen atoms in total. The Morgan fingerprint density at radius 2 is 1.93 bits per heavy atom. The van der Waals surface area contributed by atoms with Crippen LogP contribution in [-0.2, 0) is 4.79 Å². The van der Waals surface area contributed by atoms with Crippen molar-refractivity contribution in [3.8, 4) is 11.5 Å². The van der Waals surface area contributed by atoms with Crippen LogP contribution in [0.4, 0.5) is 5.82 Å². The van der Waals surface area contributed by atoms with Crippen LogP contribution in [0.3, 0.4) is 0 Å². The third-order valence-electron chi connectivity index (χ3n) is 5.14. The summed E-state index contributed by atoms with van der Waals surface area (Å²) >= 11 is 3.36. The van der Waals surface area contributed by atoms with E-state index in [0.29, 0.717) is 22.9 Å². The van der Waals surface area contributed by atoms with Gasteiger partial charge in [0.05, 0.1) is 36.8 Å². The second kappa shape index (κ2) is 8.16. The van der Waals surface area contributed by atoms with E-state index in [-0.39, 0.29) is 28.5 Å². The molecule has 2 N–H and O–H groups in total. The van der Waals surface area contributed by atoms with Gasteiger partial charge in [0.2, 0.25) is 5.91 Å². The monoisotopic (exact) mass is 421 g/mol. The summed E-state index contributed by atoms with van der Waals surface area (Å²) in [5.41, 5.74) is 1.27. The van der Waals surface area contributed by atoms with Crippen LogP contribution < -0.4 is 20.3 Å². The lowest BCUT2D eigenvalue weighted by Crippen LogP contribution is -2.22. The second-order valence-electron chi connectivity index (χ2n) is 6.76. The molecule has 3 heterocycles. The molecule has 0 spiro atoms. The first-order valence-corrected chi connectivity index (χ1v) is 11.4. The van der Waals surface area contributed by atoms with Crippen molar-refractivity contribution in [1.29, 1.82) is 0 Å². The fourth-order valence-electron chi connectivity index (χ4n) is 3.74. The van der Waals surface area contributed by atoms with Gasteiger partial charge in [0.1, 0.15) is 17.3 Å². The largest absolute Gasteiger partial charge is 0.497 e. The van der Waals surface area contributed by atoms with Gasteiger partial charge in [-0.15, -0.1) is 11.8 Å². The van der Waals surface area contributed by atoms with E-state index in [4.69, 9.17) is 9.47 Å². The van der Waals surface area contributed by atoms with Gasteiger partial charge in [0.25, 0.3) is 5.56 Å². The number of hydrogen-bond acceptors (Lipinski definition) is 6. The molecule has 2 aromatic rings. The number of anilines is 1. The highest BCUT2D eigenvalue weighted by molar-refractivity contribution is 8.00. The van der Waals surface area contributed by atoms with Crippen molar-refractivity contribution >= 4 is 35.2 Å². The van der Waals surface area contributed by atoms with E-state index in [2.05, 4.69) is 10.4 Å². The van der Waals surface area contributed by atoms with Crippen molar-refractivity contribution in [2.75, 3.05) is 36.8 Å². The molecule has 2 aliphatic heterocycles. The number of ether oxygens (including phenoxy) is 2. The van der Waals surface area contributed by atoms with E-state index in [0.717, 1.165) is 29.9 Å². The average molecular weight is 422 g/mol. The minimum atomic E-state index is -0.308. The molecule has 1 amide bonds. The molecule has 1 saturated heterocycles. The zero-order valence-electron chi connectivity index (χ0n) is 15.8. The number of fused-ring (bicyclic) bond motifs is 1. The summed E-state index contributed by atoms with van der Waals surface area (Å²) in [7, 11) is 3.20. The molecule has 0 saturated carbocycles. The highest BCUT2D eigenvalue weighted by Gasteiger charge is 2.34. The van der Waals surface area contributed by atoms with Crippen molar-refractivity contribution < 1.29 is 14.3 Å². The van der Waals surface area contributed by atoms with Crippen molar-refractivity contribution in [1.82, 2.24) is 9.78 Å². The summed E-state index contributed by atoms with van der Waals surface area (Å²) in [4.78, 5) is 25.4. The lowest BCUT2D eigenvalue weighted by molar-refractivity contribution is -0.113. The molecule has 4 rings (SSSR count). The molecule has 1 atom stereocenters. The number of carbonyl (C=O) groups is 1. The van der Waals surface area contributed by atoms with Crippen LogP contribution in [0.5, 0.6) is 11.5 Å². The smallest absolute Gasteiger partial charge is 0.270 e. The van der Waals surface area contributed by atoms with Crippen molar-refractivity contribution in [3.05, 3.63) is 39.7 Å². The average Bonchev–Trinajstić information content (AvgIpc) is 2.93. The molecular formula is C19H23N3O4S2. The van der Waals surface area contributed by atoms with Gasteiger partial charge in [0, 0.05) is 11.6 Å². The number of carbonyl (C=O) groups excluding carboxylic acids is 1. The molecule has 1 aromatic carbocycles. The normalized spacial score (nSPS) is 20.2. The molecule has 2 aliphatic rings. The fourth-order valence-corrected chi connectivity index (χ4v) is 5.97. The summed E-state index contributed by atoms with van der Waals surface area (Å²) in [6, 6.07) is 5.75. The van der Waals surface area contributed by atoms with E-state index < -0.39 is 0 Å². The maximum absolute atomic E-state index is 13.0. The molecule has 0 unspecified atom stereocenters. The van der Waals surface area contributed by atoms with Gasteiger partial charge in [-0.25, -0.2) is 0 Å². The molecule has 150 valence electrons. The minimum absolute atomic E-state index is 0.0980. The Morgan fingerprint density at radius 1 is 1.14 bits per heavy atom. The summed E-state index contributed by atoms with van der Waals surface area (Å²) in [5.74, 6) is 4.20. The van der Waals surface area contributed by atoms with Gasteiger partial charge in [-0.3, -0.25) is 19.4 Å². The van der Waals surface area contributed by atoms with Gasteiger partial charge in [-0.2, -0.15) is 11.8 Å². The number of H-pyrrole nitrogens is 1. The molecule has 28 heavy (non-hydrogen) atoms. The predicted molar refractivity (Wildman–Crippen MR) is 113 cm³/mol. The number of methoxy groups -OCH3 is 2. The Bertz CT molecular complexity index is 934. The summed E-state index contributed by atoms with van der Waals surface area (Å²) in [6.45, 7) is 0. The molecule has 1 aromatic heterocycles. The quantitative estimate of drug-likeness (QED) is 0.789. The van der Waals surface area contributed by atoms with Crippen molar-refractivity contribution in [2.45, 2.75) is 24.1 Å². The minimum Gasteiger partial charge on any atom is -0.497 e. The van der Waals surface area contributed by atoms with Crippen LogP contribution in [0.2, 0.25) is 0 Å². The summed E-state index contributed by atoms with van der Waals surface area (Å²) in [5, 5.41) is 5.65. The summed E-state index contributed by atoms with van der Waals surface area (Å²) < 4.78 is 12.7. The number of hydrogen-bond donors (Lipinski definition) is 2. The molecule has 0 radical (unpaired) electrons. The van der Waals surface area contributed by atoms with E-state index >= 15 is 0 Å². The zero-order chi connectivity index (χ0) is 19.7. The van der Waals surface area contributed by atoms with Gasteiger partial charge >= 0.3 is 0 Å². The maximum atomic E-state index is 13.0. The lowest BCUT2D eigenvalue weighted by Gasteiger charge is -2.24. The van der Waals surface area contributed by atoms with Gasteiger partial charge in [-0.05, 0) is 30.4 Å². The van der Waals surface area contributed by atoms with E-state index in [1.807, 2.05) is 28.6 Å². The van der Waals surface area contributed by atoms with Crippen molar-refractivity contribution in [2.24, 2.45) is 0 Å². The van der Waals surface area contributed by atoms with E-state index in [1.54, 1.807) is 20.3 Å². The number of benzene rings is 1. The predicted octanol–water partition coefficient (Wildman–Crippen LogP) is 3.04. The highest BCUT2D eigenvalue weighted by Crippen LogP contribution is 2.45. The first-order valence-electron chi connectivity index (χ1n) is 9.18. The van der Waals surface area contributed by atoms with E-state index in [1.165, 1.54) is 11.8 Å². The second-order valence-corrected chi connectivity index (χ2v) is 9.08. The SMILES string of the molecule is COc1ccc([C@H]2SCC(=O)Nc3c2c(=O)[nH]n3C2CCSCC2)c(OC)c1. The third kappa shape index (κ3) is 3.53. The van der Waals surface area contributed by atoms with Gasteiger partial charge in [0.15, 0.2) is 0 Å². The van der Waals surface area contributed by atoms with Crippen molar-refractivity contribution in [3.63, 3.8) is 0 Å². The first kappa shape index (κ1) is 19.3. The Kier molecular flexibility index (Phi) is 5.63.